The fraction of sp³-hybridized carbons (Fsp3) is 0.417. The van der Waals surface area contributed by atoms with Crippen LogP contribution in [0, 0.1) is 0 Å². The zero-order valence-corrected chi connectivity index (χ0v) is 17.7. The minimum atomic E-state index is -0.207. The number of piperazine rings is 1. The van der Waals surface area contributed by atoms with E-state index >= 15 is 0 Å². The Morgan fingerprint density at radius 2 is 1.83 bits per heavy atom. The number of halogens is 1. The molecule has 5 nitrogen and oxygen atoms in total. The number of hydrogen-bond acceptors (Lipinski definition) is 4. The van der Waals surface area contributed by atoms with Crippen molar-refractivity contribution in [3.63, 3.8) is 0 Å². The first-order valence-corrected chi connectivity index (χ1v) is 11.4. The van der Waals surface area contributed by atoms with E-state index in [-0.39, 0.29) is 11.0 Å². The molecule has 30 heavy (non-hydrogen) atoms. The molecular formula is C24H25ClN4O. The van der Waals surface area contributed by atoms with Crippen molar-refractivity contribution in [3.05, 3.63) is 63.2 Å². The molecular weight excluding hydrogens is 396 g/mol. The lowest BCUT2D eigenvalue weighted by atomic mass is 9.69. The molecule has 1 spiro atoms. The van der Waals surface area contributed by atoms with Gasteiger partial charge in [0, 0.05) is 31.9 Å². The smallest absolute Gasteiger partial charge is 0.282 e. The molecule has 0 unspecified atom stereocenters. The fourth-order valence-electron chi connectivity index (χ4n) is 5.78. The van der Waals surface area contributed by atoms with E-state index in [9.17, 15) is 4.79 Å². The highest BCUT2D eigenvalue weighted by atomic mass is 35.5. The third-order valence-electron chi connectivity index (χ3n) is 7.22. The highest BCUT2D eigenvalue weighted by Crippen LogP contribution is 2.52. The summed E-state index contributed by atoms with van der Waals surface area (Å²) in [6.45, 7) is 4.07. The Bertz CT molecular complexity index is 1210. The van der Waals surface area contributed by atoms with Gasteiger partial charge in [-0.1, -0.05) is 36.9 Å². The van der Waals surface area contributed by atoms with Crippen LogP contribution in [0.3, 0.4) is 0 Å². The van der Waals surface area contributed by atoms with Gasteiger partial charge < -0.3 is 10.2 Å². The van der Waals surface area contributed by atoms with Crippen molar-refractivity contribution in [2.24, 2.45) is 0 Å². The highest BCUT2D eigenvalue weighted by molar-refractivity contribution is 6.35. The Labute approximate surface area is 180 Å². The van der Waals surface area contributed by atoms with Crippen LogP contribution in [-0.4, -0.2) is 35.7 Å². The average Bonchev–Trinajstić information content (AvgIpc) is 3.04. The van der Waals surface area contributed by atoms with Crippen LogP contribution < -0.4 is 15.8 Å². The van der Waals surface area contributed by atoms with Gasteiger partial charge in [-0.15, -0.1) is 0 Å². The SMILES string of the molecule is O=c1nc2n(c3cccc(Cl)c13)-c1ccc(N3CCNCC3)cc1C21CCCCC1. The summed E-state index contributed by atoms with van der Waals surface area (Å²) in [6, 6.07) is 12.5. The second kappa shape index (κ2) is 6.82. The highest BCUT2D eigenvalue weighted by Gasteiger charge is 2.46. The molecule has 6 heteroatoms. The van der Waals surface area contributed by atoms with Crippen molar-refractivity contribution in [2.75, 3.05) is 31.1 Å². The van der Waals surface area contributed by atoms with E-state index in [4.69, 9.17) is 11.6 Å². The molecule has 1 saturated heterocycles. The van der Waals surface area contributed by atoms with Crippen molar-refractivity contribution in [3.8, 4) is 5.69 Å². The van der Waals surface area contributed by atoms with Crippen LogP contribution in [0.2, 0.25) is 5.02 Å². The lowest BCUT2D eigenvalue weighted by Crippen LogP contribution is -2.43. The number of aromatic nitrogens is 2. The molecule has 0 atom stereocenters. The van der Waals surface area contributed by atoms with Gasteiger partial charge in [-0.05, 0) is 48.7 Å². The zero-order chi connectivity index (χ0) is 20.3. The molecule has 1 N–H and O–H groups in total. The molecule has 6 rings (SSSR count). The van der Waals surface area contributed by atoms with Crippen LogP contribution >= 0.6 is 11.6 Å². The maximum absolute atomic E-state index is 13.0. The molecule has 2 aliphatic heterocycles. The standard InChI is InChI=1S/C24H25ClN4O/c25-18-5-4-6-20-21(18)22(30)27-23-24(9-2-1-3-10-24)17-15-16(7-8-19(17)29(20)23)28-13-11-26-12-14-28/h4-8,15,26H,1-3,9-14H2. The first-order chi connectivity index (χ1) is 14.7. The Morgan fingerprint density at radius 1 is 1.03 bits per heavy atom. The number of hydrogen-bond donors (Lipinski definition) is 1. The Kier molecular flexibility index (Phi) is 4.19. The van der Waals surface area contributed by atoms with Gasteiger partial charge in [0.25, 0.3) is 5.56 Å². The van der Waals surface area contributed by atoms with E-state index in [1.54, 1.807) is 6.07 Å². The Balaban J connectivity index is 1.64. The number of nitrogens with zero attached hydrogens (tertiary/aromatic N) is 3. The van der Waals surface area contributed by atoms with Crippen LogP contribution in [0.4, 0.5) is 5.69 Å². The largest absolute Gasteiger partial charge is 0.369 e. The van der Waals surface area contributed by atoms with Crippen molar-refractivity contribution < 1.29 is 0 Å². The predicted molar refractivity (Wildman–Crippen MR) is 121 cm³/mol. The van der Waals surface area contributed by atoms with Crippen LogP contribution in [-0.2, 0) is 5.41 Å². The van der Waals surface area contributed by atoms with E-state index in [1.807, 2.05) is 12.1 Å². The van der Waals surface area contributed by atoms with E-state index in [2.05, 4.69) is 38.0 Å². The number of anilines is 1. The normalized spacial score (nSPS) is 19.8. The summed E-state index contributed by atoms with van der Waals surface area (Å²) in [4.78, 5) is 20.2. The quantitative estimate of drug-likeness (QED) is 0.646. The first kappa shape index (κ1) is 18.4. The molecule has 3 heterocycles. The van der Waals surface area contributed by atoms with Crippen LogP contribution in [0.15, 0.2) is 41.2 Å². The second-order valence-electron chi connectivity index (χ2n) is 8.79. The summed E-state index contributed by atoms with van der Waals surface area (Å²) in [7, 11) is 0. The Morgan fingerprint density at radius 3 is 2.63 bits per heavy atom. The molecule has 0 radical (unpaired) electrons. The van der Waals surface area contributed by atoms with Crippen LogP contribution in [0.1, 0.15) is 43.5 Å². The van der Waals surface area contributed by atoms with Gasteiger partial charge in [-0.25, -0.2) is 0 Å². The first-order valence-electron chi connectivity index (χ1n) is 11.0. The number of benzene rings is 2. The molecule has 1 saturated carbocycles. The fourth-order valence-corrected chi connectivity index (χ4v) is 6.03. The van der Waals surface area contributed by atoms with E-state index in [0.717, 1.165) is 56.0 Å². The Hall–Kier alpha value is -2.37. The molecule has 154 valence electrons. The maximum atomic E-state index is 13.0. The minimum Gasteiger partial charge on any atom is -0.369 e. The van der Waals surface area contributed by atoms with Gasteiger partial charge in [0.2, 0.25) is 0 Å². The summed E-state index contributed by atoms with van der Waals surface area (Å²) >= 11 is 6.43. The third-order valence-corrected chi connectivity index (χ3v) is 7.53. The van der Waals surface area contributed by atoms with Gasteiger partial charge in [0.05, 0.1) is 27.0 Å². The zero-order valence-electron chi connectivity index (χ0n) is 17.0. The summed E-state index contributed by atoms with van der Waals surface area (Å²) in [5.41, 5.74) is 4.26. The molecule has 1 aromatic heterocycles. The molecule has 3 aromatic rings. The summed E-state index contributed by atoms with van der Waals surface area (Å²) in [5.74, 6) is 0.912. The molecule has 2 aromatic carbocycles. The van der Waals surface area contributed by atoms with Gasteiger partial charge >= 0.3 is 0 Å². The van der Waals surface area contributed by atoms with Gasteiger partial charge in [-0.2, -0.15) is 4.98 Å². The maximum Gasteiger partial charge on any atom is 0.282 e. The molecule has 0 amide bonds. The topological polar surface area (TPSA) is 50.2 Å². The molecule has 1 aliphatic carbocycles. The summed E-state index contributed by atoms with van der Waals surface area (Å²) in [6.07, 6.45) is 5.67. The van der Waals surface area contributed by atoms with Gasteiger partial charge in [0.15, 0.2) is 0 Å². The minimum absolute atomic E-state index is 0.173. The van der Waals surface area contributed by atoms with Crippen LogP contribution in [0.5, 0.6) is 0 Å². The number of rotatable bonds is 1. The second-order valence-corrected chi connectivity index (χ2v) is 9.20. The average molecular weight is 421 g/mol. The van der Waals surface area contributed by atoms with E-state index < -0.39 is 0 Å². The van der Waals surface area contributed by atoms with Crippen molar-refractivity contribution in [1.82, 2.24) is 14.9 Å². The molecule has 2 fully saturated rings. The monoisotopic (exact) mass is 420 g/mol. The van der Waals surface area contributed by atoms with Gasteiger partial charge in [0.1, 0.15) is 5.82 Å². The van der Waals surface area contributed by atoms with Crippen molar-refractivity contribution in [2.45, 2.75) is 37.5 Å². The lowest BCUT2D eigenvalue weighted by molar-refractivity contribution is 0.339. The van der Waals surface area contributed by atoms with Crippen molar-refractivity contribution >= 4 is 28.2 Å². The molecule has 3 aliphatic rings. The summed E-state index contributed by atoms with van der Waals surface area (Å²) in [5, 5.41) is 4.43. The third kappa shape index (κ3) is 2.51. The van der Waals surface area contributed by atoms with E-state index in [0.29, 0.717) is 10.4 Å². The molecule has 0 bridgehead atoms. The number of nitrogens with one attached hydrogen (secondary N) is 1. The van der Waals surface area contributed by atoms with Crippen LogP contribution in [0.25, 0.3) is 16.6 Å². The van der Waals surface area contributed by atoms with Gasteiger partial charge in [-0.3, -0.25) is 9.36 Å². The predicted octanol–water partition coefficient (Wildman–Crippen LogP) is 4.01. The van der Waals surface area contributed by atoms with E-state index in [1.165, 1.54) is 30.5 Å². The van der Waals surface area contributed by atoms with Crippen molar-refractivity contribution in [1.29, 1.82) is 0 Å². The summed E-state index contributed by atoms with van der Waals surface area (Å²) < 4.78 is 2.21. The lowest BCUT2D eigenvalue weighted by Gasteiger charge is -2.35. The number of fused-ring (bicyclic) bond motifs is 7.